The molecule has 0 atom stereocenters. The summed E-state index contributed by atoms with van der Waals surface area (Å²) in [5.74, 6) is -0.928. The predicted octanol–water partition coefficient (Wildman–Crippen LogP) is 2.92. The number of carboxylic acid groups (broad SMARTS) is 1. The van der Waals surface area contributed by atoms with Gasteiger partial charge in [0.15, 0.2) is 0 Å². The van der Waals surface area contributed by atoms with E-state index in [1.165, 1.54) is 10.9 Å². The van der Waals surface area contributed by atoms with Crippen LogP contribution in [0, 0.1) is 0 Å². The van der Waals surface area contributed by atoms with Gasteiger partial charge in [-0.15, -0.1) is 0 Å². The molecular formula is C11H8BrClN2O2. The highest BCUT2D eigenvalue weighted by atomic mass is 79.9. The average molecular weight is 316 g/mol. The Bertz CT molecular complexity index is 551. The number of nitrogens with zero attached hydrogens (tertiary/aromatic N) is 2. The number of rotatable bonds is 3. The second-order valence-electron chi connectivity index (χ2n) is 3.42. The Morgan fingerprint density at radius 3 is 2.65 bits per heavy atom. The second kappa shape index (κ2) is 4.89. The third-order valence-corrected chi connectivity index (χ3v) is 3.12. The Morgan fingerprint density at radius 2 is 2.06 bits per heavy atom. The second-order valence-corrected chi connectivity index (χ2v) is 4.69. The molecular weight excluding hydrogens is 307 g/mol. The molecule has 0 fully saturated rings. The molecule has 0 aliphatic heterocycles. The SMILES string of the molecule is O=C(O)Cc1cnn(-c2ccc(Br)cc2)c1Cl. The summed E-state index contributed by atoms with van der Waals surface area (Å²) in [7, 11) is 0. The monoisotopic (exact) mass is 314 g/mol. The maximum absolute atomic E-state index is 10.6. The number of benzene rings is 1. The molecule has 1 heterocycles. The summed E-state index contributed by atoms with van der Waals surface area (Å²) in [6.45, 7) is 0. The van der Waals surface area contributed by atoms with Gasteiger partial charge in [0.1, 0.15) is 5.15 Å². The van der Waals surface area contributed by atoms with Crippen molar-refractivity contribution in [2.24, 2.45) is 0 Å². The molecule has 0 unspecified atom stereocenters. The lowest BCUT2D eigenvalue weighted by Gasteiger charge is -2.03. The van der Waals surface area contributed by atoms with Gasteiger partial charge in [-0.25, -0.2) is 4.68 Å². The van der Waals surface area contributed by atoms with Crippen LogP contribution in [0.2, 0.25) is 5.15 Å². The summed E-state index contributed by atoms with van der Waals surface area (Å²) in [5.41, 5.74) is 1.29. The standard InChI is InChI=1S/C11H8BrClN2O2/c12-8-1-3-9(4-2-8)15-11(13)7(6-14-15)5-10(16)17/h1-4,6H,5H2,(H,16,17). The van der Waals surface area contributed by atoms with Gasteiger partial charge in [0.25, 0.3) is 0 Å². The summed E-state index contributed by atoms with van der Waals surface area (Å²) in [5, 5.41) is 13.1. The van der Waals surface area contributed by atoms with Gasteiger partial charge < -0.3 is 5.11 Å². The summed E-state index contributed by atoms with van der Waals surface area (Å²) in [4.78, 5) is 10.6. The molecule has 2 rings (SSSR count). The van der Waals surface area contributed by atoms with E-state index in [-0.39, 0.29) is 6.42 Å². The lowest BCUT2D eigenvalue weighted by atomic mass is 10.2. The molecule has 6 heteroatoms. The smallest absolute Gasteiger partial charge is 0.307 e. The van der Waals surface area contributed by atoms with Gasteiger partial charge in [0, 0.05) is 10.0 Å². The van der Waals surface area contributed by atoms with Crippen molar-refractivity contribution in [3.8, 4) is 5.69 Å². The summed E-state index contributed by atoms with van der Waals surface area (Å²) >= 11 is 9.40. The first-order valence-corrected chi connectivity index (χ1v) is 5.95. The molecule has 0 radical (unpaired) electrons. The fourth-order valence-electron chi connectivity index (χ4n) is 1.41. The van der Waals surface area contributed by atoms with Crippen LogP contribution in [-0.4, -0.2) is 20.9 Å². The van der Waals surface area contributed by atoms with Crippen LogP contribution in [0.15, 0.2) is 34.9 Å². The van der Waals surface area contributed by atoms with Crippen molar-refractivity contribution < 1.29 is 9.90 Å². The van der Waals surface area contributed by atoms with Gasteiger partial charge >= 0.3 is 5.97 Å². The van der Waals surface area contributed by atoms with Gasteiger partial charge in [0.05, 0.1) is 18.3 Å². The molecule has 17 heavy (non-hydrogen) atoms. The largest absolute Gasteiger partial charge is 0.481 e. The number of aromatic nitrogens is 2. The van der Waals surface area contributed by atoms with E-state index in [1.807, 2.05) is 24.3 Å². The van der Waals surface area contributed by atoms with Gasteiger partial charge in [0.2, 0.25) is 0 Å². The highest BCUT2D eigenvalue weighted by Crippen LogP contribution is 2.21. The Hall–Kier alpha value is -1.33. The minimum Gasteiger partial charge on any atom is -0.481 e. The maximum atomic E-state index is 10.6. The average Bonchev–Trinajstić information content (AvgIpc) is 2.61. The number of aliphatic carboxylic acids is 1. The highest BCUT2D eigenvalue weighted by molar-refractivity contribution is 9.10. The first kappa shape index (κ1) is 12.1. The van der Waals surface area contributed by atoms with Crippen molar-refractivity contribution in [3.63, 3.8) is 0 Å². The van der Waals surface area contributed by atoms with Crippen molar-refractivity contribution >= 4 is 33.5 Å². The number of halogens is 2. The molecule has 4 nitrogen and oxygen atoms in total. The van der Waals surface area contributed by atoms with Crippen LogP contribution in [-0.2, 0) is 11.2 Å². The van der Waals surface area contributed by atoms with E-state index < -0.39 is 5.97 Å². The molecule has 0 saturated heterocycles. The minimum atomic E-state index is -0.928. The van der Waals surface area contributed by atoms with Gasteiger partial charge in [-0.3, -0.25) is 4.79 Å². The van der Waals surface area contributed by atoms with Crippen molar-refractivity contribution in [1.82, 2.24) is 9.78 Å². The molecule has 1 N–H and O–H groups in total. The molecule has 88 valence electrons. The Labute approximate surface area is 111 Å². The molecule has 1 aromatic heterocycles. The molecule has 0 aliphatic carbocycles. The Kier molecular flexibility index (Phi) is 3.49. The molecule has 0 bridgehead atoms. The van der Waals surface area contributed by atoms with E-state index >= 15 is 0 Å². The van der Waals surface area contributed by atoms with Crippen LogP contribution >= 0.6 is 27.5 Å². The van der Waals surface area contributed by atoms with Gasteiger partial charge in [-0.05, 0) is 24.3 Å². The fourth-order valence-corrected chi connectivity index (χ4v) is 1.93. The van der Waals surface area contributed by atoms with Crippen LogP contribution in [0.25, 0.3) is 5.69 Å². The number of hydrogen-bond acceptors (Lipinski definition) is 2. The number of carbonyl (C=O) groups is 1. The third kappa shape index (κ3) is 2.68. The van der Waals surface area contributed by atoms with Crippen LogP contribution in [0.4, 0.5) is 0 Å². The lowest BCUT2D eigenvalue weighted by molar-refractivity contribution is -0.136. The predicted molar refractivity (Wildman–Crippen MR) is 67.6 cm³/mol. The molecule has 0 saturated carbocycles. The third-order valence-electron chi connectivity index (χ3n) is 2.19. The van der Waals surface area contributed by atoms with Crippen LogP contribution in [0.1, 0.15) is 5.56 Å². The topological polar surface area (TPSA) is 55.1 Å². The minimum absolute atomic E-state index is 0.130. The summed E-state index contributed by atoms with van der Waals surface area (Å²) < 4.78 is 2.46. The van der Waals surface area contributed by atoms with Crippen molar-refractivity contribution in [2.45, 2.75) is 6.42 Å². The van der Waals surface area contributed by atoms with E-state index in [4.69, 9.17) is 16.7 Å². The van der Waals surface area contributed by atoms with Gasteiger partial charge in [-0.1, -0.05) is 27.5 Å². The van der Waals surface area contributed by atoms with Crippen LogP contribution < -0.4 is 0 Å². The molecule has 1 aromatic carbocycles. The molecule has 0 spiro atoms. The first-order chi connectivity index (χ1) is 8.08. The maximum Gasteiger partial charge on any atom is 0.307 e. The van der Waals surface area contributed by atoms with Gasteiger partial charge in [-0.2, -0.15) is 5.10 Å². The van der Waals surface area contributed by atoms with E-state index in [0.717, 1.165) is 10.2 Å². The quantitative estimate of drug-likeness (QED) is 0.947. The van der Waals surface area contributed by atoms with E-state index in [9.17, 15) is 4.79 Å². The first-order valence-electron chi connectivity index (χ1n) is 4.78. The zero-order chi connectivity index (χ0) is 12.4. The van der Waals surface area contributed by atoms with E-state index in [1.54, 1.807) is 0 Å². The van der Waals surface area contributed by atoms with Crippen molar-refractivity contribution in [3.05, 3.63) is 45.7 Å². The molecule has 2 aromatic rings. The lowest BCUT2D eigenvalue weighted by Crippen LogP contribution is -2.00. The van der Waals surface area contributed by atoms with E-state index in [2.05, 4.69) is 21.0 Å². The Morgan fingerprint density at radius 1 is 1.41 bits per heavy atom. The number of carboxylic acids is 1. The fraction of sp³-hybridized carbons (Fsp3) is 0.0909. The molecule has 0 aliphatic rings. The van der Waals surface area contributed by atoms with Crippen molar-refractivity contribution in [2.75, 3.05) is 0 Å². The van der Waals surface area contributed by atoms with Crippen LogP contribution in [0.3, 0.4) is 0 Å². The zero-order valence-corrected chi connectivity index (χ0v) is 10.9. The normalized spacial score (nSPS) is 10.5. The number of hydrogen-bond donors (Lipinski definition) is 1. The van der Waals surface area contributed by atoms with E-state index in [0.29, 0.717) is 10.7 Å². The zero-order valence-electron chi connectivity index (χ0n) is 8.60. The highest BCUT2D eigenvalue weighted by Gasteiger charge is 2.12. The summed E-state index contributed by atoms with van der Waals surface area (Å²) in [6.07, 6.45) is 1.34. The summed E-state index contributed by atoms with van der Waals surface area (Å²) in [6, 6.07) is 7.41. The molecule has 0 amide bonds. The van der Waals surface area contributed by atoms with Crippen molar-refractivity contribution in [1.29, 1.82) is 0 Å². The van der Waals surface area contributed by atoms with Crippen LogP contribution in [0.5, 0.6) is 0 Å². The Balaban J connectivity index is 2.37.